The second-order valence-corrected chi connectivity index (χ2v) is 6.47. The second-order valence-electron chi connectivity index (χ2n) is 6.47. The van der Waals surface area contributed by atoms with E-state index >= 15 is 0 Å². The predicted octanol–water partition coefficient (Wildman–Crippen LogP) is 3.68. The molecule has 3 aromatic rings. The molecule has 0 atom stereocenters. The smallest absolute Gasteiger partial charge is 0.337 e. The molecule has 2 heterocycles. The van der Waals surface area contributed by atoms with Gasteiger partial charge in [-0.1, -0.05) is 24.3 Å². The van der Waals surface area contributed by atoms with Crippen LogP contribution in [0.5, 0.6) is 0 Å². The molecule has 0 spiro atoms. The zero-order chi connectivity index (χ0) is 19.4. The third-order valence-electron chi connectivity index (χ3n) is 4.76. The third kappa shape index (κ3) is 4.06. The van der Waals surface area contributed by atoms with E-state index in [1.807, 2.05) is 23.6 Å². The SMILES string of the molecule is Cc1c(CNCc2cccnc2)c(C(=O)O)c(C)n1Cc1ccccc1F. The van der Waals surface area contributed by atoms with Gasteiger partial charge in [0.25, 0.3) is 0 Å². The number of carbonyl (C=O) groups is 1. The molecule has 0 aliphatic heterocycles. The number of hydrogen-bond donors (Lipinski definition) is 2. The molecule has 0 bridgehead atoms. The first-order valence-corrected chi connectivity index (χ1v) is 8.74. The summed E-state index contributed by atoms with van der Waals surface area (Å²) in [4.78, 5) is 15.9. The molecule has 0 unspecified atom stereocenters. The Morgan fingerprint density at radius 1 is 1.15 bits per heavy atom. The number of aromatic nitrogens is 2. The van der Waals surface area contributed by atoms with E-state index in [-0.39, 0.29) is 11.4 Å². The van der Waals surface area contributed by atoms with Crippen LogP contribution in [0.2, 0.25) is 0 Å². The highest BCUT2D eigenvalue weighted by Crippen LogP contribution is 2.24. The number of nitrogens with one attached hydrogen (secondary N) is 1. The maximum absolute atomic E-state index is 14.0. The lowest BCUT2D eigenvalue weighted by atomic mass is 10.1. The number of carboxylic acid groups (broad SMARTS) is 1. The van der Waals surface area contributed by atoms with Crippen molar-refractivity contribution < 1.29 is 14.3 Å². The fourth-order valence-electron chi connectivity index (χ4n) is 3.32. The van der Waals surface area contributed by atoms with E-state index in [4.69, 9.17) is 0 Å². The minimum absolute atomic E-state index is 0.280. The number of hydrogen-bond acceptors (Lipinski definition) is 3. The van der Waals surface area contributed by atoms with Crippen LogP contribution in [0.25, 0.3) is 0 Å². The minimum Gasteiger partial charge on any atom is -0.478 e. The van der Waals surface area contributed by atoms with Crippen molar-refractivity contribution in [2.45, 2.75) is 33.5 Å². The van der Waals surface area contributed by atoms with Gasteiger partial charge in [0.2, 0.25) is 0 Å². The lowest BCUT2D eigenvalue weighted by Gasteiger charge is -2.11. The Morgan fingerprint density at radius 3 is 2.59 bits per heavy atom. The zero-order valence-electron chi connectivity index (χ0n) is 15.4. The molecule has 3 rings (SSSR count). The molecule has 0 amide bonds. The fraction of sp³-hybridized carbons (Fsp3) is 0.238. The molecule has 140 valence electrons. The molecule has 0 fully saturated rings. The number of carboxylic acids is 1. The number of pyridine rings is 1. The molecule has 5 nitrogen and oxygen atoms in total. The summed E-state index contributed by atoms with van der Waals surface area (Å²) in [5.41, 5.74) is 4.01. The van der Waals surface area contributed by atoms with E-state index in [1.165, 1.54) is 6.07 Å². The van der Waals surface area contributed by atoms with Gasteiger partial charge < -0.3 is 15.0 Å². The number of aromatic carboxylic acids is 1. The van der Waals surface area contributed by atoms with E-state index in [2.05, 4.69) is 10.3 Å². The maximum Gasteiger partial charge on any atom is 0.337 e. The Kier molecular flexibility index (Phi) is 5.66. The number of benzene rings is 1. The summed E-state index contributed by atoms with van der Waals surface area (Å²) in [6.07, 6.45) is 3.48. The van der Waals surface area contributed by atoms with Crippen molar-refractivity contribution in [1.29, 1.82) is 0 Å². The van der Waals surface area contributed by atoms with Gasteiger partial charge in [0.1, 0.15) is 5.82 Å². The number of rotatable bonds is 7. The Labute approximate surface area is 157 Å². The third-order valence-corrected chi connectivity index (χ3v) is 4.76. The van der Waals surface area contributed by atoms with Crippen LogP contribution in [0.15, 0.2) is 48.8 Å². The van der Waals surface area contributed by atoms with Crippen LogP contribution in [0.4, 0.5) is 4.39 Å². The molecule has 0 aliphatic rings. The standard InChI is InChI=1S/C21H22FN3O2/c1-14-18(12-24-11-16-6-5-9-23-10-16)20(21(26)27)15(2)25(14)13-17-7-3-4-8-19(17)22/h3-10,24H,11-13H2,1-2H3,(H,26,27). The highest BCUT2D eigenvalue weighted by Gasteiger charge is 2.22. The van der Waals surface area contributed by atoms with Crippen molar-refractivity contribution in [3.63, 3.8) is 0 Å². The molecular weight excluding hydrogens is 345 g/mol. The average molecular weight is 367 g/mol. The molecule has 0 aliphatic carbocycles. The highest BCUT2D eigenvalue weighted by molar-refractivity contribution is 5.91. The second kappa shape index (κ2) is 8.14. The Balaban J connectivity index is 1.87. The molecule has 0 saturated carbocycles. The molecule has 0 radical (unpaired) electrons. The summed E-state index contributed by atoms with van der Waals surface area (Å²) in [5.74, 6) is -1.26. The number of nitrogens with zero attached hydrogens (tertiary/aromatic N) is 2. The first-order valence-electron chi connectivity index (χ1n) is 8.74. The van der Waals surface area contributed by atoms with Crippen molar-refractivity contribution in [2.75, 3.05) is 0 Å². The van der Waals surface area contributed by atoms with Crippen LogP contribution in [0.3, 0.4) is 0 Å². The molecular formula is C21H22FN3O2. The van der Waals surface area contributed by atoms with Crippen LogP contribution >= 0.6 is 0 Å². The van der Waals surface area contributed by atoms with Crippen molar-refractivity contribution in [3.05, 3.63) is 88.3 Å². The van der Waals surface area contributed by atoms with Crippen LogP contribution in [-0.2, 0) is 19.6 Å². The number of halogens is 1. The van der Waals surface area contributed by atoms with E-state index in [9.17, 15) is 14.3 Å². The Bertz CT molecular complexity index is 952. The summed E-state index contributed by atoms with van der Waals surface area (Å²) >= 11 is 0. The van der Waals surface area contributed by atoms with Gasteiger partial charge in [-0.15, -0.1) is 0 Å². The summed E-state index contributed by atoms with van der Waals surface area (Å²) in [6.45, 7) is 4.94. The fourth-order valence-corrected chi connectivity index (χ4v) is 3.32. The van der Waals surface area contributed by atoms with Gasteiger partial charge in [-0.25, -0.2) is 9.18 Å². The lowest BCUT2D eigenvalue weighted by molar-refractivity contribution is 0.0694. The first kappa shape index (κ1) is 18.8. The Morgan fingerprint density at radius 2 is 1.93 bits per heavy atom. The molecule has 6 heteroatoms. The van der Waals surface area contributed by atoms with Crippen molar-refractivity contribution in [3.8, 4) is 0 Å². The van der Waals surface area contributed by atoms with Gasteiger partial charge in [-0.3, -0.25) is 4.98 Å². The van der Waals surface area contributed by atoms with E-state index in [0.29, 0.717) is 30.9 Å². The van der Waals surface area contributed by atoms with Gasteiger partial charge in [0, 0.05) is 48.0 Å². The van der Waals surface area contributed by atoms with Crippen molar-refractivity contribution in [1.82, 2.24) is 14.9 Å². The van der Waals surface area contributed by atoms with E-state index < -0.39 is 5.97 Å². The summed E-state index contributed by atoms with van der Waals surface area (Å²) in [5, 5.41) is 13.0. The van der Waals surface area contributed by atoms with Gasteiger partial charge >= 0.3 is 5.97 Å². The van der Waals surface area contributed by atoms with Crippen LogP contribution in [0.1, 0.15) is 38.4 Å². The van der Waals surface area contributed by atoms with Gasteiger partial charge in [0.05, 0.1) is 12.1 Å². The van der Waals surface area contributed by atoms with E-state index in [0.717, 1.165) is 16.8 Å². The predicted molar refractivity (Wildman–Crippen MR) is 101 cm³/mol. The summed E-state index contributed by atoms with van der Waals surface area (Å²) < 4.78 is 15.9. The van der Waals surface area contributed by atoms with E-state index in [1.54, 1.807) is 37.5 Å². The quantitative estimate of drug-likeness (QED) is 0.669. The largest absolute Gasteiger partial charge is 0.478 e. The molecule has 1 aromatic carbocycles. The first-order chi connectivity index (χ1) is 13.0. The van der Waals surface area contributed by atoms with Crippen LogP contribution < -0.4 is 5.32 Å². The van der Waals surface area contributed by atoms with Crippen molar-refractivity contribution >= 4 is 5.97 Å². The monoisotopic (exact) mass is 367 g/mol. The van der Waals surface area contributed by atoms with Crippen LogP contribution in [0, 0.1) is 19.7 Å². The Hall–Kier alpha value is -2.99. The lowest BCUT2D eigenvalue weighted by Crippen LogP contribution is -2.15. The van der Waals surface area contributed by atoms with Crippen molar-refractivity contribution in [2.24, 2.45) is 0 Å². The zero-order valence-corrected chi connectivity index (χ0v) is 15.4. The highest BCUT2D eigenvalue weighted by atomic mass is 19.1. The molecule has 2 N–H and O–H groups in total. The average Bonchev–Trinajstić information content (AvgIpc) is 2.89. The van der Waals surface area contributed by atoms with Gasteiger partial charge in [-0.2, -0.15) is 0 Å². The molecule has 0 saturated heterocycles. The van der Waals surface area contributed by atoms with Crippen LogP contribution in [-0.4, -0.2) is 20.6 Å². The summed E-state index contributed by atoms with van der Waals surface area (Å²) in [6, 6.07) is 10.4. The summed E-state index contributed by atoms with van der Waals surface area (Å²) in [7, 11) is 0. The minimum atomic E-state index is -0.971. The molecule has 27 heavy (non-hydrogen) atoms. The maximum atomic E-state index is 14.0. The molecule has 2 aromatic heterocycles. The topological polar surface area (TPSA) is 67.2 Å². The normalized spacial score (nSPS) is 10.9. The van der Waals surface area contributed by atoms with Gasteiger partial charge in [0.15, 0.2) is 0 Å². The van der Waals surface area contributed by atoms with Gasteiger partial charge in [-0.05, 0) is 31.5 Å².